The molecule has 0 saturated carbocycles. The maximum Gasteiger partial charge on any atom is 0.305 e. The lowest BCUT2D eigenvalue weighted by atomic mass is 10.1. The maximum absolute atomic E-state index is 11.0. The zero-order chi connectivity index (χ0) is 16.9. The summed E-state index contributed by atoms with van der Waals surface area (Å²) in [5.74, 6) is 0.00594. The van der Waals surface area contributed by atoms with Gasteiger partial charge in [-0.1, -0.05) is 35.9 Å². The highest BCUT2D eigenvalue weighted by Crippen LogP contribution is 2.30. The first-order chi connectivity index (χ1) is 11.6. The van der Waals surface area contributed by atoms with Crippen molar-refractivity contribution >= 4 is 23.3 Å². The molecule has 0 unspecified atom stereocenters. The minimum absolute atomic E-state index is 0.0568. The van der Waals surface area contributed by atoms with Gasteiger partial charge in [-0.25, -0.2) is 0 Å². The molecule has 1 fully saturated rings. The number of hydrogen-bond donors (Lipinski definition) is 1. The van der Waals surface area contributed by atoms with Crippen molar-refractivity contribution in [3.63, 3.8) is 0 Å². The van der Waals surface area contributed by atoms with Gasteiger partial charge in [0.25, 0.3) is 0 Å². The molecular weight excluding hydrogens is 326 g/mol. The number of aliphatic carboxylic acids is 1. The highest BCUT2D eigenvalue weighted by molar-refractivity contribution is 6.31. The minimum atomic E-state index is -0.752. The van der Waals surface area contributed by atoms with Gasteiger partial charge in [-0.2, -0.15) is 0 Å². The lowest BCUT2D eigenvalue weighted by Gasteiger charge is -2.26. The van der Waals surface area contributed by atoms with Crippen LogP contribution in [0.4, 0.5) is 5.69 Å². The number of hydrogen-bond acceptors (Lipinski definition) is 3. The van der Waals surface area contributed by atoms with Crippen molar-refractivity contribution in [3.05, 3.63) is 59.1 Å². The van der Waals surface area contributed by atoms with Crippen LogP contribution in [-0.4, -0.2) is 23.7 Å². The van der Waals surface area contributed by atoms with Crippen molar-refractivity contribution < 1.29 is 14.6 Å². The second kappa shape index (κ2) is 7.58. The molecule has 3 rings (SSSR count). The van der Waals surface area contributed by atoms with Gasteiger partial charge in [-0.3, -0.25) is 4.79 Å². The molecule has 1 saturated heterocycles. The van der Waals surface area contributed by atoms with Crippen LogP contribution in [0.1, 0.15) is 24.8 Å². The Bertz CT molecular complexity index is 719. The predicted molar refractivity (Wildman–Crippen MR) is 94.8 cm³/mol. The quantitative estimate of drug-likeness (QED) is 0.845. The number of nitrogens with zero attached hydrogens (tertiary/aromatic N) is 1. The van der Waals surface area contributed by atoms with Crippen molar-refractivity contribution in [1.29, 1.82) is 0 Å². The Hall–Kier alpha value is -2.20. The highest BCUT2D eigenvalue weighted by atomic mass is 35.5. The summed E-state index contributed by atoms with van der Waals surface area (Å²) >= 11 is 6.15. The standard InChI is InChI=1S/C19H20ClNO3/c20-18-9-2-1-5-14(18)13-24-17-8-3-6-15(11-17)21-10-4-7-16(21)12-19(22)23/h1-3,5-6,8-9,11,16H,4,7,10,12-13H2,(H,22,23)/t16-/m0/s1. The highest BCUT2D eigenvalue weighted by Gasteiger charge is 2.26. The van der Waals surface area contributed by atoms with Crippen molar-refractivity contribution in [2.45, 2.75) is 31.9 Å². The van der Waals surface area contributed by atoms with E-state index in [1.54, 1.807) is 0 Å². The lowest BCUT2D eigenvalue weighted by Crippen LogP contribution is -2.31. The molecule has 5 heteroatoms. The van der Waals surface area contributed by atoms with E-state index < -0.39 is 5.97 Å². The number of carboxylic acid groups (broad SMARTS) is 1. The van der Waals surface area contributed by atoms with Crippen molar-refractivity contribution in [2.24, 2.45) is 0 Å². The molecule has 1 aliphatic rings. The third-order valence-corrected chi connectivity index (χ3v) is 4.66. The fourth-order valence-electron chi connectivity index (χ4n) is 3.12. The van der Waals surface area contributed by atoms with E-state index in [1.165, 1.54) is 0 Å². The molecule has 1 atom stereocenters. The molecule has 1 aliphatic heterocycles. The van der Waals surface area contributed by atoms with Crippen LogP contribution in [0.3, 0.4) is 0 Å². The molecule has 0 radical (unpaired) electrons. The number of benzene rings is 2. The van der Waals surface area contributed by atoms with E-state index >= 15 is 0 Å². The van der Waals surface area contributed by atoms with Crippen LogP contribution in [0.15, 0.2) is 48.5 Å². The summed E-state index contributed by atoms with van der Waals surface area (Å²) in [6, 6.07) is 15.5. The summed E-state index contributed by atoms with van der Waals surface area (Å²) in [6.07, 6.45) is 2.10. The van der Waals surface area contributed by atoms with Gasteiger partial charge in [-0.15, -0.1) is 0 Å². The van der Waals surface area contributed by atoms with Gasteiger partial charge in [0.15, 0.2) is 0 Å². The Morgan fingerprint density at radius 2 is 2.08 bits per heavy atom. The first-order valence-corrected chi connectivity index (χ1v) is 8.46. The van der Waals surface area contributed by atoms with Gasteiger partial charge < -0.3 is 14.7 Å². The molecule has 0 aromatic heterocycles. The lowest BCUT2D eigenvalue weighted by molar-refractivity contribution is -0.137. The molecule has 126 valence electrons. The number of carbonyl (C=O) groups is 1. The average Bonchev–Trinajstić information content (AvgIpc) is 3.02. The zero-order valence-corrected chi connectivity index (χ0v) is 14.1. The molecule has 0 amide bonds. The zero-order valence-electron chi connectivity index (χ0n) is 13.3. The van der Waals surface area contributed by atoms with Crippen molar-refractivity contribution in [1.82, 2.24) is 0 Å². The van der Waals surface area contributed by atoms with Crippen LogP contribution >= 0.6 is 11.6 Å². The Morgan fingerprint density at radius 1 is 1.25 bits per heavy atom. The monoisotopic (exact) mass is 345 g/mol. The Kier molecular flexibility index (Phi) is 5.26. The van der Waals surface area contributed by atoms with Crippen LogP contribution < -0.4 is 9.64 Å². The molecule has 0 bridgehead atoms. The molecule has 0 aliphatic carbocycles. The molecule has 2 aromatic rings. The second-order valence-corrected chi connectivity index (χ2v) is 6.37. The van der Waals surface area contributed by atoms with E-state index in [9.17, 15) is 4.79 Å². The molecule has 1 heterocycles. The average molecular weight is 346 g/mol. The predicted octanol–water partition coefficient (Wildman–Crippen LogP) is 4.36. The number of rotatable bonds is 6. The van der Waals surface area contributed by atoms with E-state index in [1.807, 2.05) is 48.5 Å². The molecule has 2 aromatic carbocycles. The van der Waals surface area contributed by atoms with Crippen LogP contribution in [0.2, 0.25) is 5.02 Å². The molecule has 24 heavy (non-hydrogen) atoms. The summed E-state index contributed by atoms with van der Waals surface area (Å²) in [5.41, 5.74) is 1.95. The van der Waals surface area contributed by atoms with E-state index in [0.717, 1.165) is 36.4 Å². The fraction of sp³-hybridized carbons (Fsp3) is 0.316. The smallest absolute Gasteiger partial charge is 0.305 e. The second-order valence-electron chi connectivity index (χ2n) is 5.96. The topological polar surface area (TPSA) is 49.8 Å². The molecule has 4 nitrogen and oxygen atoms in total. The first-order valence-electron chi connectivity index (χ1n) is 8.08. The van der Waals surface area contributed by atoms with Gasteiger partial charge in [0, 0.05) is 34.9 Å². The van der Waals surface area contributed by atoms with Gasteiger partial charge in [0.2, 0.25) is 0 Å². The molecule has 1 N–H and O–H groups in total. The summed E-state index contributed by atoms with van der Waals surface area (Å²) in [5, 5.41) is 9.76. The SMILES string of the molecule is O=C(O)C[C@@H]1CCCN1c1cccc(OCc2ccccc2Cl)c1. The maximum atomic E-state index is 11.0. The van der Waals surface area contributed by atoms with E-state index in [-0.39, 0.29) is 12.5 Å². The summed E-state index contributed by atoms with van der Waals surface area (Å²) < 4.78 is 5.86. The Morgan fingerprint density at radius 3 is 2.88 bits per heavy atom. The van der Waals surface area contributed by atoms with E-state index in [2.05, 4.69) is 4.90 Å². The number of anilines is 1. The van der Waals surface area contributed by atoms with Gasteiger partial charge in [0.05, 0.1) is 6.42 Å². The largest absolute Gasteiger partial charge is 0.489 e. The van der Waals surface area contributed by atoms with Gasteiger partial charge in [0.1, 0.15) is 12.4 Å². The fourth-order valence-corrected chi connectivity index (χ4v) is 3.31. The number of halogens is 1. The van der Waals surface area contributed by atoms with E-state index in [0.29, 0.717) is 11.6 Å². The van der Waals surface area contributed by atoms with Crippen LogP contribution in [0.5, 0.6) is 5.75 Å². The van der Waals surface area contributed by atoms with Crippen molar-refractivity contribution in [3.8, 4) is 5.75 Å². The van der Waals surface area contributed by atoms with Gasteiger partial charge in [-0.05, 0) is 31.0 Å². The number of ether oxygens (including phenoxy) is 1. The van der Waals surface area contributed by atoms with Crippen LogP contribution in [-0.2, 0) is 11.4 Å². The third-order valence-electron chi connectivity index (χ3n) is 4.29. The number of carboxylic acids is 1. The summed E-state index contributed by atoms with van der Waals surface area (Å²) in [7, 11) is 0. The third kappa shape index (κ3) is 4.01. The molecule has 0 spiro atoms. The van der Waals surface area contributed by atoms with Crippen LogP contribution in [0, 0.1) is 0 Å². The first kappa shape index (κ1) is 16.7. The Balaban J connectivity index is 1.70. The molecular formula is C19H20ClNO3. The summed E-state index contributed by atoms with van der Waals surface area (Å²) in [4.78, 5) is 13.2. The van der Waals surface area contributed by atoms with Crippen LogP contribution in [0.25, 0.3) is 0 Å². The van der Waals surface area contributed by atoms with Gasteiger partial charge >= 0.3 is 5.97 Å². The Labute approximate surface area is 146 Å². The van der Waals surface area contributed by atoms with Crippen molar-refractivity contribution in [2.75, 3.05) is 11.4 Å². The summed E-state index contributed by atoms with van der Waals surface area (Å²) in [6.45, 7) is 1.29. The van der Waals surface area contributed by atoms with E-state index in [4.69, 9.17) is 21.4 Å². The normalized spacial score (nSPS) is 17.0. The minimum Gasteiger partial charge on any atom is -0.489 e.